The fraction of sp³-hybridized carbons (Fsp3) is 0.333. The molecule has 0 radical (unpaired) electrons. The Morgan fingerprint density at radius 2 is 1.75 bits per heavy atom. The Hall–Kier alpha value is -0.690. The largest absolute Gasteiger partial charge is 0.397 e. The predicted molar refractivity (Wildman–Crippen MR) is 45.0 cm³/mol. The number of aliphatic hydroxyl groups is 1. The zero-order chi connectivity index (χ0) is 10.0. The molecule has 0 heterocycles. The van der Waals surface area contributed by atoms with Crippen LogP contribution in [0.3, 0.4) is 0 Å². The van der Waals surface area contributed by atoms with E-state index in [1.807, 2.05) is 0 Å². The van der Waals surface area contributed by atoms with Crippen LogP contribution in [0.15, 0.2) is 25.3 Å². The molecule has 0 aliphatic carbocycles. The molecule has 0 spiro atoms. The summed E-state index contributed by atoms with van der Waals surface area (Å²) in [7, 11) is -4.26. The highest BCUT2D eigenvalue weighted by molar-refractivity contribution is 7.80. The van der Waals surface area contributed by atoms with Gasteiger partial charge in [-0.2, -0.15) is 8.42 Å². The Morgan fingerprint density at radius 1 is 1.33 bits per heavy atom. The molecule has 0 aromatic rings. The van der Waals surface area contributed by atoms with E-state index in [9.17, 15) is 8.42 Å². The van der Waals surface area contributed by atoms with Crippen molar-refractivity contribution in [2.45, 2.75) is 0 Å². The summed E-state index contributed by atoms with van der Waals surface area (Å²) in [6.07, 6.45) is 2.65. The number of hydrogen-bond donors (Lipinski definition) is 2. The third-order valence-corrected chi connectivity index (χ3v) is 0.898. The third-order valence-electron chi connectivity index (χ3n) is 0.464. The fourth-order valence-corrected chi connectivity index (χ4v) is 0.402. The molecule has 5 nitrogen and oxygen atoms in total. The van der Waals surface area contributed by atoms with Gasteiger partial charge in [0.05, 0.1) is 13.2 Å². The summed E-state index contributed by atoms with van der Waals surface area (Å²) in [5.41, 5.74) is 0. The van der Waals surface area contributed by atoms with Gasteiger partial charge in [0.2, 0.25) is 0 Å². The molecule has 0 aliphatic heterocycles. The van der Waals surface area contributed by atoms with Gasteiger partial charge in [0, 0.05) is 0 Å². The molecule has 0 fully saturated rings. The van der Waals surface area contributed by atoms with Crippen LogP contribution in [-0.2, 0) is 14.6 Å². The van der Waals surface area contributed by atoms with Crippen LogP contribution in [0.25, 0.3) is 0 Å². The lowest BCUT2D eigenvalue weighted by atomic mass is 10.7. The molecule has 0 bridgehead atoms. The first-order chi connectivity index (χ1) is 5.47. The number of hydrogen-bond acceptors (Lipinski definition) is 4. The van der Waals surface area contributed by atoms with Crippen LogP contribution in [0.2, 0.25) is 0 Å². The molecule has 0 saturated carbocycles. The van der Waals surface area contributed by atoms with Gasteiger partial charge in [-0.25, -0.2) is 4.18 Å². The van der Waals surface area contributed by atoms with Crippen LogP contribution < -0.4 is 0 Å². The van der Waals surface area contributed by atoms with Crippen LogP contribution in [0.4, 0.5) is 0 Å². The first kappa shape index (κ1) is 13.9. The molecule has 0 saturated heterocycles. The van der Waals surface area contributed by atoms with Crippen molar-refractivity contribution in [3.05, 3.63) is 25.3 Å². The van der Waals surface area contributed by atoms with Crippen LogP contribution in [0.1, 0.15) is 0 Å². The van der Waals surface area contributed by atoms with Gasteiger partial charge in [0.1, 0.15) is 0 Å². The second-order valence-electron chi connectivity index (χ2n) is 1.47. The molecule has 2 N–H and O–H groups in total. The van der Waals surface area contributed by atoms with Gasteiger partial charge in [-0.05, 0) is 0 Å². The lowest BCUT2D eigenvalue weighted by molar-refractivity contribution is 0.296. The van der Waals surface area contributed by atoms with Gasteiger partial charge in [0.15, 0.2) is 0 Å². The zero-order valence-electron chi connectivity index (χ0n) is 6.51. The van der Waals surface area contributed by atoms with E-state index < -0.39 is 10.4 Å². The summed E-state index contributed by atoms with van der Waals surface area (Å²) < 4.78 is 31.0. The second kappa shape index (κ2) is 8.41. The zero-order valence-corrected chi connectivity index (χ0v) is 7.33. The maximum atomic E-state index is 9.68. The number of aliphatic hydroxyl groups excluding tert-OH is 1. The van der Waals surface area contributed by atoms with Crippen molar-refractivity contribution in [2.24, 2.45) is 0 Å². The van der Waals surface area contributed by atoms with E-state index in [-0.39, 0.29) is 13.2 Å². The van der Waals surface area contributed by atoms with E-state index in [1.54, 1.807) is 0 Å². The fourth-order valence-electron chi connectivity index (χ4n) is 0.134. The minimum Gasteiger partial charge on any atom is -0.392 e. The van der Waals surface area contributed by atoms with Gasteiger partial charge in [-0.3, -0.25) is 4.55 Å². The number of rotatable bonds is 4. The molecule has 0 amide bonds. The summed E-state index contributed by atoms with van der Waals surface area (Å²) in [6, 6.07) is 0. The Kier molecular flexibility index (Phi) is 9.72. The minimum atomic E-state index is -4.26. The van der Waals surface area contributed by atoms with Crippen molar-refractivity contribution in [3.8, 4) is 0 Å². The van der Waals surface area contributed by atoms with E-state index in [1.165, 1.54) is 12.2 Å². The summed E-state index contributed by atoms with van der Waals surface area (Å²) in [6.45, 7) is 6.28. The SMILES string of the molecule is C=CCO.C=CCOS(=O)(=O)O. The maximum Gasteiger partial charge on any atom is 0.397 e. The van der Waals surface area contributed by atoms with Crippen LogP contribution in [0, 0.1) is 0 Å². The topological polar surface area (TPSA) is 83.8 Å². The van der Waals surface area contributed by atoms with E-state index in [0.29, 0.717) is 0 Å². The van der Waals surface area contributed by atoms with Gasteiger partial charge >= 0.3 is 10.4 Å². The Morgan fingerprint density at radius 3 is 1.83 bits per heavy atom. The smallest absolute Gasteiger partial charge is 0.392 e. The van der Waals surface area contributed by atoms with Gasteiger partial charge < -0.3 is 5.11 Å². The van der Waals surface area contributed by atoms with E-state index in [0.717, 1.165) is 0 Å². The Labute approximate surface area is 71.9 Å². The van der Waals surface area contributed by atoms with Crippen molar-refractivity contribution < 1.29 is 22.3 Å². The van der Waals surface area contributed by atoms with Crippen LogP contribution in [0.5, 0.6) is 0 Å². The second-order valence-corrected chi connectivity index (χ2v) is 2.56. The Bertz CT molecular complexity index is 206. The maximum absolute atomic E-state index is 9.68. The summed E-state index contributed by atoms with van der Waals surface area (Å²) in [5, 5.41) is 7.76. The first-order valence-electron chi connectivity index (χ1n) is 2.92. The van der Waals surface area contributed by atoms with E-state index in [2.05, 4.69) is 17.3 Å². The lowest BCUT2D eigenvalue weighted by Crippen LogP contribution is -2.02. The average molecular weight is 196 g/mol. The minimum absolute atomic E-state index is 0.0833. The molecule has 6 heteroatoms. The lowest BCUT2D eigenvalue weighted by Gasteiger charge is -1.90. The highest BCUT2D eigenvalue weighted by Crippen LogP contribution is 1.83. The molecule has 0 unspecified atom stereocenters. The molecule has 12 heavy (non-hydrogen) atoms. The van der Waals surface area contributed by atoms with Crippen molar-refractivity contribution in [1.29, 1.82) is 0 Å². The van der Waals surface area contributed by atoms with Crippen LogP contribution in [-0.4, -0.2) is 31.3 Å². The van der Waals surface area contributed by atoms with Crippen LogP contribution >= 0.6 is 0 Å². The third kappa shape index (κ3) is 22.8. The van der Waals surface area contributed by atoms with E-state index in [4.69, 9.17) is 9.66 Å². The summed E-state index contributed by atoms with van der Waals surface area (Å²) in [5.74, 6) is 0. The first-order valence-corrected chi connectivity index (χ1v) is 4.29. The molecule has 0 aliphatic rings. The molecular weight excluding hydrogens is 184 g/mol. The predicted octanol–water partition coefficient (Wildman–Crippen LogP) is 0.156. The van der Waals surface area contributed by atoms with Crippen molar-refractivity contribution >= 4 is 10.4 Å². The Balaban J connectivity index is 0. The molecule has 0 atom stereocenters. The average Bonchev–Trinajstić information content (AvgIpc) is 2.00. The van der Waals surface area contributed by atoms with Crippen molar-refractivity contribution in [3.63, 3.8) is 0 Å². The molecule has 0 aromatic carbocycles. The van der Waals surface area contributed by atoms with Gasteiger partial charge in [0.25, 0.3) is 0 Å². The van der Waals surface area contributed by atoms with Gasteiger partial charge in [-0.15, -0.1) is 13.2 Å². The highest BCUT2D eigenvalue weighted by Gasteiger charge is 1.99. The summed E-state index contributed by atoms with van der Waals surface area (Å²) in [4.78, 5) is 0. The standard InChI is InChI=1S/C3H6O4S.C3H6O/c1-2-3-7-8(4,5)6;1-2-3-4/h2H,1,3H2,(H,4,5,6);2,4H,1,3H2. The van der Waals surface area contributed by atoms with Gasteiger partial charge in [-0.1, -0.05) is 12.2 Å². The molecule has 0 aromatic heterocycles. The monoisotopic (exact) mass is 196 g/mol. The highest BCUT2D eigenvalue weighted by atomic mass is 32.3. The van der Waals surface area contributed by atoms with Crippen molar-refractivity contribution in [2.75, 3.05) is 13.2 Å². The summed E-state index contributed by atoms with van der Waals surface area (Å²) >= 11 is 0. The van der Waals surface area contributed by atoms with Crippen molar-refractivity contribution in [1.82, 2.24) is 0 Å². The normalized spacial score (nSPS) is 9.50. The quantitative estimate of drug-likeness (QED) is 0.494. The molecule has 72 valence electrons. The molecule has 0 rings (SSSR count). The van der Waals surface area contributed by atoms with E-state index >= 15 is 0 Å². The molecular formula is C6H12O5S.